The molecule has 5 heteroatoms. The van der Waals surface area contributed by atoms with Crippen molar-refractivity contribution >= 4 is 5.97 Å². The Morgan fingerprint density at radius 3 is 2.35 bits per heavy atom. The average Bonchev–Trinajstić information content (AvgIpc) is 2.27. The highest BCUT2D eigenvalue weighted by molar-refractivity contribution is 5.73. The summed E-state index contributed by atoms with van der Waals surface area (Å²) in [5.41, 5.74) is 0.260. The second-order valence-corrected chi connectivity index (χ2v) is 3.93. The molecule has 0 saturated heterocycles. The largest absolute Gasteiger partial charge is 0.491 e. The van der Waals surface area contributed by atoms with Crippen molar-refractivity contribution in [3.05, 3.63) is 29.8 Å². The first-order chi connectivity index (χ1) is 7.93. The number of carbonyl (C=O) groups is 1. The van der Waals surface area contributed by atoms with Gasteiger partial charge in [-0.15, -0.1) is 0 Å². The molecule has 0 aliphatic heterocycles. The molecule has 1 aromatic rings. The van der Waals surface area contributed by atoms with Gasteiger partial charge in [0.25, 0.3) is 0 Å². The predicted molar refractivity (Wildman–Crippen MR) is 60.8 cm³/mol. The van der Waals surface area contributed by atoms with E-state index in [0.717, 1.165) is 0 Å². The Kier molecular flexibility index (Phi) is 4.48. The molecule has 0 heterocycles. The summed E-state index contributed by atoms with van der Waals surface area (Å²) in [6, 6.07) is 6.49. The lowest BCUT2D eigenvalue weighted by atomic mass is 10.0. The van der Waals surface area contributed by atoms with E-state index in [-0.39, 0.29) is 11.7 Å². The number of aliphatic carboxylic acids is 1. The van der Waals surface area contributed by atoms with Crippen LogP contribution >= 0.6 is 0 Å². The van der Waals surface area contributed by atoms with Crippen molar-refractivity contribution in [3.63, 3.8) is 0 Å². The third-order valence-corrected chi connectivity index (χ3v) is 2.15. The van der Waals surface area contributed by atoms with Crippen LogP contribution in [-0.4, -0.2) is 33.5 Å². The van der Waals surface area contributed by atoms with Crippen LogP contribution < -0.4 is 4.74 Å². The number of hydrogen-bond acceptors (Lipinski definition) is 4. The Balaban J connectivity index is 3.00. The number of ether oxygens (including phenoxy) is 1. The molecule has 0 spiro atoms. The predicted octanol–water partition coefficient (Wildman–Crippen LogP) is 0.953. The molecule has 1 aromatic carbocycles. The van der Waals surface area contributed by atoms with E-state index in [2.05, 4.69) is 0 Å². The number of hydrogen-bond donors (Lipinski definition) is 3. The van der Waals surface area contributed by atoms with Crippen molar-refractivity contribution in [2.45, 2.75) is 32.2 Å². The summed E-state index contributed by atoms with van der Waals surface area (Å²) in [4.78, 5) is 10.6. The van der Waals surface area contributed by atoms with Crippen molar-refractivity contribution in [1.29, 1.82) is 0 Å². The van der Waals surface area contributed by atoms with Gasteiger partial charge in [-0.2, -0.15) is 0 Å². The fourth-order valence-corrected chi connectivity index (χ4v) is 1.39. The van der Waals surface area contributed by atoms with E-state index >= 15 is 0 Å². The lowest BCUT2D eigenvalue weighted by Crippen LogP contribution is -2.28. The molecule has 0 fully saturated rings. The van der Waals surface area contributed by atoms with Crippen molar-refractivity contribution in [2.75, 3.05) is 0 Å². The third-order valence-electron chi connectivity index (χ3n) is 2.15. The Morgan fingerprint density at radius 1 is 1.24 bits per heavy atom. The van der Waals surface area contributed by atoms with Crippen LogP contribution in [0.15, 0.2) is 24.3 Å². The van der Waals surface area contributed by atoms with Crippen molar-refractivity contribution in [3.8, 4) is 5.75 Å². The summed E-state index contributed by atoms with van der Waals surface area (Å²) in [5.74, 6) is -1.10. The van der Waals surface area contributed by atoms with Gasteiger partial charge in [0.1, 0.15) is 11.9 Å². The Morgan fingerprint density at radius 2 is 1.82 bits per heavy atom. The van der Waals surface area contributed by atoms with E-state index < -0.39 is 18.2 Å². The van der Waals surface area contributed by atoms with Crippen LogP contribution in [-0.2, 0) is 4.79 Å². The molecule has 94 valence electrons. The van der Waals surface area contributed by atoms with Gasteiger partial charge in [0, 0.05) is 5.56 Å². The van der Waals surface area contributed by atoms with Gasteiger partial charge in [-0.3, -0.25) is 0 Å². The lowest BCUT2D eigenvalue weighted by molar-refractivity contribution is -0.153. The van der Waals surface area contributed by atoms with Gasteiger partial charge in [0.2, 0.25) is 0 Å². The molecular formula is C12H16O5. The van der Waals surface area contributed by atoms with E-state index in [4.69, 9.17) is 9.84 Å². The summed E-state index contributed by atoms with van der Waals surface area (Å²) in [7, 11) is 0. The minimum absolute atomic E-state index is 0.106. The molecule has 2 atom stereocenters. The van der Waals surface area contributed by atoms with Crippen LogP contribution in [0, 0.1) is 0 Å². The molecule has 3 N–H and O–H groups in total. The zero-order valence-corrected chi connectivity index (χ0v) is 9.70. The maximum Gasteiger partial charge on any atom is 0.335 e. The number of para-hydroxylation sites is 1. The van der Waals surface area contributed by atoms with Gasteiger partial charge in [0.15, 0.2) is 6.10 Å². The average molecular weight is 240 g/mol. The number of aliphatic hydroxyl groups excluding tert-OH is 2. The second kappa shape index (κ2) is 5.65. The van der Waals surface area contributed by atoms with Crippen LogP contribution in [0.3, 0.4) is 0 Å². The number of carboxylic acid groups (broad SMARTS) is 1. The minimum atomic E-state index is -1.87. The van der Waals surface area contributed by atoms with Gasteiger partial charge in [0.05, 0.1) is 6.10 Å². The van der Waals surface area contributed by atoms with E-state index in [9.17, 15) is 15.0 Å². The SMILES string of the molecule is CC(C)Oc1ccccc1C(O)C(O)C(=O)O. The van der Waals surface area contributed by atoms with E-state index in [1.165, 1.54) is 6.07 Å². The first-order valence-electron chi connectivity index (χ1n) is 5.28. The van der Waals surface area contributed by atoms with Crippen LogP contribution in [0.1, 0.15) is 25.5 Å². The Bertz CT molecular complexity index is 388. The summed E-state index contributed by atoms with van der Waals surface area (Å²) in [5, 5.41) is 27.7. The number of rotatable bonds is 5. The van der Waals surface area contributed by atoms with E-state index in [0.29, 0.717) is 5.75 Å². The van der Waals surface area contributed by atoms with Crippen molar-refractivity contribution in [1.82, 2.24) is 0 Å². The molecule has 1 rings (SSSR count). The zero-order chi connectivity index (χ0) is 13.0. The molecule has 0 aliphatic carbocycles. The Labute approximate surface area is 99.3 Å². The van der Waals surface area contributed by atoms with Crippen LogP contribution in [0.4, 0.5) is 0 Å². The molecule has 5 nitrogen and oxygen atoms in total. The van der Waals surface area contributed by atoms with Crippen LogP contribution in [0.2, 0.25) is 0 Å². The summed E-state index contributed by atoms with van der Waals surface area (Å²) in [6.07, 6.45) is -3.49. The summed E-state index contributed by atoms with van der Waals surface area (Å²) >= 11 is 0. The molecule has 0 bridgehead atoms. The van der Waals surface area contributed by atoms with E-state index in [1.54, 1.807) is 18.2 Å². The molecule has 0 amide bonds. The van der Waals surface area contributed by atoms with Gasteiger partial charge in [-0.1, -0.05) is 18.2 Å². The maximum absolute atomic E-state index is 10.6. The standard InChI is InChI=1S/C12H16O5/c1-7(2)17-9-6-4-3-5-8(9)10(13)11(14)12(15)16/h3-7,10-11,13-14H,1-2H3,(H,15,16). The topological polar surface area (TPSA) is 87.0 Å². The van der Waals surface area contributed by atoms with Crippen molar-refractivity contribution in [2.24, 2.45) is 0 Å². The molecule has 17 heavy (non-hydrogen) atoms. The van der Waals surface area contributed by atoms with E-state index in [1.807, 2.05) is 13.8 Å². The maximum atomic E-state index is 10.6. The molecule has 0 aliphatic rings. The molecule has 0 saturated carbocycles. The zero-order valence-electron chi connectivity index (χ0n) is 9.70. The molecular weight excluding hydrogens is 224 g/mol. The minimum Gasteiger partial charge on any atom is -0.491 e. The number of benzene rings is 1. The van der Waals surface area contributed by atoms with Crippen LogP contribution in [0.5, 0.6) is 5.75 Å². The third kappa shape index (κ3) is 3.44. The highest BCUT2D eigenvalue weighted by atomic mass is 16.5. The first-order valence-corrected chi connectivity index (χ1v) is 5.28. The normalized spacial score (nSPS) is 14.4. The van der Waals surface area contributed by atoms with Crippen molar-refractivity contribution < 1.29 is 24.9 Å². The lowest BCUT2D eigenvalue weighted by Gasteiger charge is -2.19. The number of aliphatic hydroxyl groups is 2. The summed E-state index contributed by atoms with van der Waals surface area (Å²) < 4.78 is 5.43. The first kappa shape index (κ1) is 13.5. The monoisotopic (exact) mass is 240 g/mol. The fraction of sp³-hybridized carbons (Fsp3) is 0.417. The quantitative estimate of drug-likeness (QED) is 0.713. The van der Waals surface area contributed by atoms with Gasteiger partial charge in [-0.25, -0.2) is 4.79 Å². The number of carboxylic acids is 1. The molecule has 0 aromatic heterocycles. The Hall–Kier alpha value is -1.59. The van der Waals surface area contributed by atoms with Crippen LogP contribution in [0.25, 0.3) is 0 Å². The second-order valence-electron chi connectivity index (χ2n) is 3.93. The molecule has 0 radical (unpaired) electrons. The van der Waals surface area contributed by atoms with Gasteiger partial charge in [-0.05, 0) is 19.9 Å². The highest BCUT2D eigenvalue weighted by Gasteiger charge is 2.27. The summed E-state index contributed by atoms with van der Waals surface area (Å²) in [6.45, 7) is 3.63. The smallest absolute Gasteiger partial charge is 0.335 e. The fourth-order valence-electron chi connectivity index (χ4n) is 1.39. The highest BCUT2D eigenvalue weighted by Crippen LogP contribution is 2.28. The van der Waals surface area contributed by atoms with Gasteiger partial charge < -0.3 is 20.1 Å². The van der Waals surface area contributed by atoms with Gasteiger partial charge >= 0.3 is 5.97 Å². The molecule has 2 unspecified atom stereocenters.